The van der Waals surface area contributed by atoms with Crippen LogP contribution in [-0.2, 0) is 9.53 Å². The van der Waals surface area contributed by atoms with Crippen molar-refractivity contribution < 1.29 is 18.7 Å². The van der Waals surface area contributed by atoms with Crippen LogP contribution in [0.15, 0.2) is 53.0 Å². The number of benzene rings is 2. The van der Waals surface area contributed by atoms with E-state index in [0.29, 0.717) is 25.4 Å². The van der Waals surface area contributed by atoms with E-state index in [2.05, 4.69) is 15.9 Å². The van der Waals surface area contributed by atoms with Gasteiger partial charge >= 0.3 is 0 Å². The van der Waals surface area contributed by atoms with Crippen molar-refractivity contribution in [3.05, 3.63) is 64.4 Å². The number of ether oxygens (including phenoxy) is 2. The highest BCUT2D eigenvalue weighted by Crippen LogP contribution is 2.23. The lowest BCUT2D eigenvalue weighted by Gasteiger charge is -2.33. The third-order valence-electron chi connectivity index (χ3n) is 3.84. The smallest absolute Gasteiger partial charge is 0.260 e. The third-order valence-corrected chi connectivity index (χ3v) is 4.37. The standard InChI is InChI=1S/C18H17BrFNO3/c19-14-3-7-16(8-4-14)24-12-18(22)21-9-10-23-17(11-21)13-1-5-15(20)6-2-13/h1-8,17H,9-12H2. The lowest BCUT2D eigenvalue weighted by Crippen LogP contribution is -2.44. The molecule has 1 aliphatic heterocycles. The quantitative estimate of drug-likeness (QED) is 0.796. The predicted molar refractivity (Wildman–Crippen MR) is 91.3 cm³/mol. The monoisotopic (exact) mass is 393 g/mol. The molecule has 0 saturated carbocycles. The van der Waals surface area contributed by atoms with Gasteiger partial charge in [-0.15, -0.1) is 0 Å². The fourth-order valence-corrected chi connectivity index (χ4v) is 2.79. The minimum absolute atomic E-state index is 0.0161. The molecule has 24 heavy (non-hydrogen) atoms. The molecule has 0 aromatic heterocycles. The SMILES string of the molecule is O=C(COc1ccc(Br)cc1)N1CCOC(c2ccc(F)cc2)C1. The van der Waals surface area contributed by atoms with Gasteiger partial charge < -0.3 is 14.4 Å². The second-order valence-electron chi connectivity index (χ2n) is 5.49. The van der Waals surface area contributed by atoms with E-state index in [-0.39, 0.29) is 24.4 Å². The molecule has 0 N–H and O–H groups in total. The Bertz CT molecular complexity index is 690. The molecule has 2 aromatic carbocycles. The highest BCUT2D eigenvalue weighted by atomic mass is 79.9. The van der Waals surface area contributed by atoms with Crippen LogP contribution < -0.4 is 4.74 Å². The zero-order valence-electron chi connectivity index (χ0n) is 13.0. The second-order valence-corrected chi connectivity index (χ2v) is 6.41. The van der Waals surface area contributed by atoms with Crippen molar-refractivity contribution in [1.82, 2.24) is 4.90 Å². The maximum Gasteiger partial charge on any atom is 0.260 e. The Morgan fingerprint density at radius 3 is 2.62 bits per heavy atom. The van der Waals surface area contributed by atoms with E-state index in [1.54, 1.807) is 29.2 Å². The van der Waals surface area contributed by atoms with E-state index >= 15 is 0 Å². The first-order chi connectivity index (χ1) is 11.6. The summed E-state index contributed by atoms with van der Waals surface area (Å²) in [7, 11) is 0. The number of hydrogen-bond donors (Lipinski definition) is 0. The van der Waals surface area contributed by atoms with Crippen LogP contribution in [0.3, 0.4) is 0 Å². The molecule has 0 bridgehead atoms. The van der Waals surface area contributed by atoms with Gasteiger partial charge in [0.25, 0.3) is 5.91 Å². The summed E-state index contributed by atoms with van der Waals surface area (Å²) < 4.78 is 25.2. The molecule has 2 aromatic rings. The van der Waals surface area contributed by atoms with Crippen LogP contribution >= 0.6 is 15.9 Å². The summed E-state index contributed by atoms with van der Waals surface area (Å²) in [6, 6.07) is 13.5. The number of amides is 1. The van der Waals surface area contributed by atoms with Crippen LogP contribution in [0.1, 0.15) is 11.7 Å². The minimum atomic E-state index is -0.287. The van der Waals surface area contributed by atoms with Gasteiger partial charge in [0.05, 0.1) is 13.2 Å². The molecule has 6 heteroatoms. The molecule has 1 aliphatic rings. The van der Waals surface area contributed by atoms with E-state index < -0.39 is 0 Å². The van der Waals surface area contributed by atoms with Crippen molar-refractivity contribution in [2.45, 2.75) is 6.10 Å². The van der Waals surface area contributed by atoms with Crippen LogP contribution in [0.4, 0.5) is 4.39 Å². The normalized spacial score (nSPS) is 17.6. The van der Waals surface area contributed by atoms with Gasteiger partial charge in [-0.25, -0.2) is 4.39 Å². The van der Waals surface area contributed by atoms with Crippen molar-refractivity contribution in [3.8, 4) is 5.75 Å². The van der Waals surface area contributed by atoms with Crippen molar-refractivity contribution in [2.24, 2.45) is 0 Å². The van der Waals surface area contributed by atoms with Crippen LogP contribution in [-0.4, -0.2) is 37.1 Å². The molecule has 4 nitrogen and oxygen atoms in total. The first kappa shape index (κ1) is 16.9. The lowest BCUT2D eigenvalue weighted by atomic mass is 10.1. The Balaban J connectivity index is 1.56. The largest absolute Gasteiger partial charge is 0.484 e. The van der Waals surface area contributed by atoms with Crippen LogP contribution in [0.2, 0.25) is 0 Å². The van der Waals surface area contributed by atoms with Gasteiger partial charge in [0.2, 0.25) is 0 Å². The molecular formula is C18H17BrFNO3. The fraction of sp³-hybridized carbons (Fsp3) is 0.278. The molecule has 1 saturated heterocycles. The Morgan fingerprint density at radius 1 is 1.21 bits per heavy atom. The maximum atomic E-state index is 13.0. The summed E-state index contributed by atoms with van der Waals surface area (Å²) in [5, 5.41) is 0. The molecule has 1 heterocycles. The van der Waals surface area contributed by atoms with Gasteiger partial charge in [0.1, 0.15) is 17.7 Å². The number of rotatable bonds is 4. The first-order valence-corrected chi connectivity index (χ1v) is 8.44. The molecule has 0 spiro atoms. The molecular weight excluding hydrogens is 377 g/mol. The van der Waals surface area contributed by atoms with E-state index in [0.717, 1.165) is 10.0 Å². The molecule has 1 atom stereocenters. The van der Waals surface area contributed by atoms with Gasteiger partial charge in [0, 0.05) is 11.0 Å². The van der Waals surface area contributed by atoms with Gasteiger partial charge in [-0.1, -0.05) is 28.1 Å². The van der Waals surface area contributed by atoms with Crippen molar-refractivity contribution in [3.63, 3.8) is 0 Å². The molecule has 3 rings (SSSR count). The predicted octanol–water partition coefficient (Wildman–Crippen LogP) is 3.57. The summed E-state index contributed by atoms with van der Waals surface area (Å²) in [6.07, 6.45) is -0.240. The number of hydrogen-bond acceptors (Lipinski definition) is 3. The Morgan fingerprint density at radius 2 is 1.92 bits per heavy atom. The summed E-state index contributed by atoms with van der Waals surface area (Å²) in [5.41, 5.74) is 0.864. The number of carbonyl (C=O) groups is 1. The van der Waals surface area contributed by atoms with Crippen LogP contribution in [0.25, 0.3) is 0 Å². The lowest BCUT2D eigenvalue weighted by molar-refractivity contribution is -0.141. The van der Waals surface area contributed by atoms with Gasteiger partial charge in [-0.05, 0) is 42.0 Å². The average Bonchev–Trinajstić information content (AvgIpc) is 2.62. The minimum Gasteiger partial charge on any atom is -0.484 e. The van der Waals surface area contributed by atoms with Gasteiger partial charge in [0.15, 0.2) is 6.61 Å². The third kappa shape index (κ3) is 4.33. The number of carbonyl (C=O) groups excluding carboxylic acids is 1. The summed E-state index contributed by atoms with van der Waals surface area (Å²) in [5.74, 6) is 0.272. The van der Waals surface area contributed by atoms with Crippen molar-refractivity contribution >= 4 is 21.8 Å². The molecule has 1 fully saturated rings. The number of nitrogens with zero attached hydrogens (tertiary/aromatic N) is 1. The molecule has 1 unspecified atom stereocenters. The highest BCUT2D eigenvalue weighted by molar-refractivity contribution is 9.10. The van der Waals surface area contributed by atoms with Crippen LogP contribution in [0, 0.1) is 5.82 Å². The zero-order chi connectivity index (χ0) is 16.9. The number of halogens is 2. The van der Waals surface area contributed by atoms with E-state index in [9.17, 15) is 9.18 Å². The average molecular weight is 394 g/mol. The Kier molecular flexibility index (Phi) is 5.48. The van der Waals surface area contributed by atoms with E-state index in [1.165, 1.54) is 12.1 Å². The zero-order valence-corrected chi connectivity index (χ0v) is 14.5. The van der Waals surface area contributed by atoms with Crippen LogP contribution in [0.5, 0.6) is 5.75 Å². The van der Waals surface area contributed by atoms with E-state index in [1.807, 2.05) is 12.1 Å². The highest BCUT2D eigenvalue weighted by Gasteiger charge is 2.25. The molecule has 0 radical (unpaired) electrons. The number of morpholine rings is 1. The Labute approximate surface area is 148 Å². The Hall–Kier alpha value is -1.92. The van der Waals surface area contributed by atoms with Crippen molar-refractivity contribution in [2.75, 3.05) is 26.3 Å². The fourth-order valence-electron chi connectivity index (χ4n) is 2.52. The first-order valence-electron chi connectivity index (χ1n) is 7.65. The van der Waals surface area contributed by atoms with Gasteiger partial charge in [-0.3, -0.25) is 4.79 Å². The topological polar surface area (TPSA) is 38.8 Å². The molecule has 0 aliphatic carbocycles. The second kappa shape index (κ2) is 7.77. The van der Waals surface area contributed by atoms with Crippen molar-refractivity contribution in [1.29, 1.82) is 0 Å². The maximum absolute atomic E-state index is 13.0. The molecule has 1 amide bonds. The van der Waals surface area contributed by atoms with Gasteiger partial charge in [-0.2, -0.15) is 0 Å². The van der Waals surface area contributed by atoms with E-state index in [4.69, 9.17) is 9.47 Å². The molecule has 126 valence electrons. The summed E-state index contributed by atoms with van der Waals surface area (Å²) in [6.45, 7) is 1.40. The summed E-state index contributed by atoms with van der Waals surface area (Å²) in [4.78, 5) is 14.1. The summed E-state index contributed by atoms with van der Waals surface area (Å²) >= 11 is 3.35.